The molecule has 1 aromatic heterocycles. The molecule has 17 heavy (non-hydrogen) atoms. The number of hydrogen-bond acceptors (Lipinski definition) is 5. The summed E-state index contributed by atoms with van der Waals surface area (Å²) < 4.78 is 5.34. The maximum Gasteiger partial charge on any atom is 0.267 e. The molecule has 2 atom stereocenters. The number of amides is 1. The standard InChI is InChI=1S/C11H16N4O2/c1-17-10-6-13-5-9(10)15-7-2-3-14-8(4-7)11(12)16/h2-4,9-10,13H,5-6H2,1H3,(H2,12,16)(H,14,15)/t9?,10-/m1/s1. The molecule has 92 valence electrons. The Labute approximate surface area is 99.5 Å². The summed E-state index contributed by atoms with van der Waals surface area (Å²) in [4.78, 5) is 14.9. The fourth-order valence-corrected chi connectivity index (χ4v) is 1.92. The van der Waals surface area contributed by atoms with Gasteiger partial charge in [-0.05, 0) is 12.1 Å². The first kappa shape index (κ1) is 11.8. The summed E-state index contributed by atoms with van der Waals surface area (Å²) in [5.41, 5.74) is 6.26. The first-order valence-electron chi connectivity index (χ1n) is 5.46. The zero-order valence-electron chi connectivity index (χ0n) is 9.64. The third-order valence-corrected chi connectivity index (χ3v) is 2.83. The Kier molecular flexibility index (Phi) is 3.55. The maximum absolute atomic E-state index is 11.0. The maximum atomic E-state index is 11.0. The highest BCUT2D eigenvalue weighted by Crippen LogP contribution is 2.13. The van der Waals surface area contributed by atoms with Crippen LogP contribution in [0.5, 0.6) is 0 Å². The molecule has 1 aromatic rings. The Bertz CT molecular complexity index is 410. The van der Waals surface area contributed by atoms with Gasteiger partial charge in [0.1, 0.15) is 5.69 Å². The smallest absolute Gasteiger partial charge is 0.267 e. The lowest BCUT2D eigenvalue weighted by Gasteiger charge is -2.19. The highest BCUT2D eigenvalue weighted by atomic mass is 16.5. The van der Waals surface area contributed by atoms with Crippen LogP contribution in [0.15, 0.2) is 18.3 Å². The second kappa shape index (κ2) is 5.11. The van der Waals surface area contributed by atoms with Crippen molar-refractivity contribution in [2.75, 3.05) is 25.5 Å². The van der Waals surface area contributed by atoms with Crippen LogP contribution in [0, 0.1) is 0 Å². The molecule has 1 aliphatic heterocycles. The van der Waals surface area contributed by atoms with Gasteiger partial charge in [0.15, 0.2) is 0 Å². The molecule has 2 rings (SSSR count). The van der Waals surface area contributed by atoms with Crippen LogP contribution < -0.4 is 16.4 Å². The number of carbonyl (C=O) groups excluding carboxylic acids is 1. The molecule has 0 radical (unpaired) electrons. The highest BCUT2D eigenvalue weighted by Gasteiger charge is 2.26. The number of primary amides is 1. The molecule has 1 unspecified atom stereocenters. The number of carbonyl (C=O) groups is 1. The van der Waals surface area contributed by atoms with Crippen LogP contribution in [0.3, 0.4) is 0 Å². The van der Waals surface area contributed by atoms with Gasteiger partial charge in [0.25, 0.3) is 5.91 Å². The Morgan fingerprint density at radius 3 is 3.18 bits per heavy atom. The van der Waals surface area contributed by atoms with E-state index in [4.69, 9.17) is 10.5 Å². The summed E-state index contributed by atoms with van der Waals surface area (Å²) in [5.74, 6) is -0.526. The van der Waals surface area contributed by atoms with Gasteiger partial charge in [-0.1, -0.05) is 0 Å². The summed E-state index contributed by atoms with van der Waals surface area (Å²) in [6.07, 6.45) is 1.69. The van der Waals surface area contributed by atoms with Crippen LogP contribution in [-0.4, -0.2) is 43.2 Å². The van der Waals surface area contributed by atoms with Gasteiger partial charge in [0.05, 0.1) is 12.1 Å². The highest BCUT2D eigenvalue weighted by molar-refractivity contribution is 5.91. The van der Waals surface area contributed by atoms with Crippen LogP contribution >= 0.6 is 0 Å². The van der Waals surface area contributed by atoms with Crippen LogP contribution in [0.25, 0.3) is 0 Å². The second-order valence-electron chi connectivity index (χ2n) is 3.98. The molecule has 0 bridgehead atoms. The Balaban J connectivity index is 2.07. The number of anilines is 1. The molecule has 1 saturated heterocycles. The first-order chi connectivity index (χ1) is 8.20. The number of rotatable bonds is 4. The van der Waals surface area contributed by atoms with Gasteiger partial charge in [-0.2, -0.15) is 0 Å². The molecule has 6 heteroatoms. The number of methoxy groups -OCH3 is 1. The number of nitrogens with zero attached hydrogens (tertiary/aromatic N) is 1. The SMILES string of the molecule is CO[C@@H]1CNCC1Nc1ccnc(C(N)=O)c1. The van der Waals surface area contributed by atoms with Crippen molar-refractivity contribution in [3.63, 3.8) is 0 Å². The van der Waals surface area contributed by atoms with Crippen molar-refractivity contribution in [3.05, 3.63) is 24.0 Å². The molecule has 0 spiro atoms. The van der Waals surface area contributed by atoms with E-state index in [-0.39, 0.29) is 17.8 Å². The lowest BCUT2D eigenvalue weighted by Crippen LogP contribution is -2.33. The van der Waals surface area contributed by atoms with Crippen molar-refractivity contribution < 1.29 is 9.53 Å². The van der Waals surface area contributed by atoms with Crippen molar-refractivity contribution in [1.82, 2.24) is 10.3 Å². The topological polar surface area (TPSA) is 89.3 Å². The van der Waals surface area contributed by atoms with Crippen molar-refractivity contribution >= 4 is 11.6 Å². The van der Waals surface area contributed by atoms with E-state index >= 15 is 0 Å². The van der Waals surface area contributed by atoms with E-state index < -0.39 is 5.91 Å². The molecule has 6 nitrogen and oxygen atoms in total. The van der Waals surface area contributed by atoms with Crippen molar-refractivity contribution in [2.24, 2.45) is 5.73 Å². The lowest BCUT2D eigenvalue weighted by molar-refractivity contribution is 0.0995. The van der Waals surface area contributed by atoms with Gasteiger partial charge >= 0.3 is 0 Å². The fraction of sp³-hybridized carbons (Fsp3) is 0.455. The number of pyridine rings is 1. The van der Waals surface area contributed by atoms with Crippen LogP contribution in [0.4, 0.5) is 5.69 Å². The van der Waals surface area contributed by atoms with Crippen molar-refractivity contribution in [1.29, 1.82) is 0 Å². The summed E-state index contributed by atoms with van der Waals surface area (Å²) in [7, 11) is 1.69. The van der Waals surface area contributed by atoms with Crippen molar-refractivity contribution in [3.8, 4) is 0 Å². The predicted molar refractivity (Wildman–Crippen MR) is 63.8 cm³/mol. The van der Waals surface area contributed by atoms with Crippen molar-refractivity contribution in [2.45, 2.75) is 12.1 Å². The van der Waals surface area contributed by atoms with Gasteiger partial charge in [0, 0.05) is 32.1 Å². The molecule has 0 aliphatic carbocycles. The zero-order chi connectivity index (χ0) is 12.3. The average Bonchev–Trinajstić information content (AvgIpc) is 2.76. The normalized spacial score (nSPS) is 23.6. The van der Waals surface area contributed by atoms with E-state index in [9.17, 15) is 4.79 Å². The molecule has 1 aliphatic rings. The summed E-state index contributed by atoms with van der Waals surface area (Å²) in [5, 5.41) is 6.54. The lowest BCUT2D eigenvalue weighted by atomic mass is 10.2. The number of ether oxygens (including phenoxy) is 1. The Hall–Kier alpha value is -1.66. The quantitative estimate of drug-likeness (QED) is 0.660. The van der Waals surface area contributed by atoms with Crippen LogP contribution in [0.1, 0.15) is 10.5 Å². The minimum absolute atomic E-state index is 0.125. The van der Waals surface area contributed by atoms with E-state index in [2.05, 4.69) is 15.6 Å². The number of hydrogen-bond donors (Lipinski definition) is 3. The number of nitrogens with one attached hydrogen (secondary N) is 2. The molecular formula is C11H16N4O2. The zero-order valence-corrected chi connectivity index (χ0v) is 9.64. The monoisotopic (exact) mass is 236 g/mol. The van der Waals surface area contributed by atoms with E-state index in [0.717, 1.165) is 18.8 Å². The first-order valence-corrected chi connectivity index (χ1v) is 5.46. The van der Waals surface area contributed by atoms with Crippen LogP contribution in [-0.2, 0) is 4.74 Å². The van der Waals surface area contributed by atoms with Gasteiger partial charge in [-0.25, -0.2) is 0 Å². The molecule has 2 heterocycles. The van der Waals surface area contributed by atoms with E-state index in [1.165, 1.54) is 0 Å². The summed E-state index contributed by atoms with van der Waals surface area (Å²) >= 11 is 0. The minimum Gasteiger partial charge on any atom is -0.378 e. The molecule has 4 N–H and O–H groups in total. The minimum atomic E-state index is -0.526. The molecule has 0 saturated carbocycles. The van der Waals surface area contributed by atoms with Gasteiger partial charge < -0.3 is 21.1 Å². The van der Waals surface area contributed by atoms with Gasteiger partial charge in [-0.15, -0.1) is 0 Å². The third-order valence-electron chi connectivity index (χ3n) is 2.83. The largest absolute Gasteiger partial charge is 0.378 e. The summed E-state index contributed by atoms with van der Waals surface area (Å²) in [6.45, 7) is 1.65. The van der Waals surface area contributed by atoms with E-state index in [1.807, 2.05) is 0 Å². The van der Waals surface area contributed by atoms with Gasteiger partial charge in [-0.3, -0.25) is 9.78 Å². The molecule has 0 aromatic carbocycles. The van der Waals surface area contributed by atoms with Gasteiger partial charge in [0.2, 0.25) is 0 Å². The molecule has 1 amide bonds. The molecule has 1 fully saturated rings. The van der Waals surface area contributed by atoms with E-state index in [1.54, 1.807) is 25.4 Å². The number of aromatic nitrogens is 1. The fourth-order valence-electron chi connectivity index (χ4n) is 1.92. The Morgan fingerprint density at radius 2 is 2.47 bits per heavy atom. The summed E-state index contributed by atoms with van der Waals surface area (Å²) in [6, 6.07) is 3.63. The van der Waals surface area contributed by atoms with E-state index in [0.29, 0.717) is 0 Å². The molecular weight excluding hydrogens is 220 g/mol. The third kappa shape index (κ3) is 2.72. The Morgan fingerprint density at radius 1 is 1.65 bits per heavy atom. The second-order valence-corrected chi connectivity index (χ2v) is 3.98. The average molecular weight is 236 g/mol. The predicted octanol–water partition coefficient (Wildman–Crippen LogP) is -0.421. The van der Waals surface area contributed by atoms with Crippen LogP contribution in [0.2, 0.25) is 0 Å². The number of nitrogens with two attached hydrogens (primary N) is 1.